The molecule has 2 aromatic carbocycles. The first-order valence-corrected chi connectivity index (χ1v) is 8.92. The van der Waals surface area contributed by atoms with Crippen LogP contribution >= 0.6 is 0 Å². The molecule has 1 N–H and O–H groups in total. The Labute approximate surface area is 153 Å². The van der Waals surface area contributed by atoms with Gasteiger partial charge in [0.15, 0.2) is 0 Å². The van der Waals surface area contributed by atoms with Gasteiger partial charge in [-0.15, -0.1) is 0 Å². The van der Waals surface area contributed by atoms with E-state index in [0.29, 0.717) is 11.5 Å². The Morgan fingerprint density at radius 3 is 2.38 bits per heavy atom. The zero-order valence-corrected chi connectivity index (χ0v) is 15.4. The quantitative estimate of drug-likeness (QED) is 0.756. The molecule has 0 fully saturated rings. The molecule has 0 saturated carbocycles. The molecule has 0 aliphatic heterocycles. The summed E-state index contributed by atoms with van der Waals surface area (Å²) in [5, 5.41) is 3.91. The normalized spacial score (nSPS) is 12.3. The van der Waals surface area contributed by atoms with Crippen LogP contribution in [0.2, 0.25) is 0 Å². The van der Waals surface area contributed by atoms with Gasteiger partial charge >= 0.3 is 0 Å². The van der Waals surface area contributed by atoms with Gasteiger partial charge in [0.2, 0.25) is 0 Å². The number of aromatic nitrogens is 1. The molecule has 0 saturated heterocycles. The van der Waals surface area contributed by atoms with Crippen molar-refractivity contribution in [3.8, 4) is 0 Å². The molecule has 1 unspecified atom stereocenters. The van der Waals surface area contributed by atoms with Gasteiger partial charge in [0.05, 0.1) is 17.1 Å². The second kappa shape index (κ2) is 7.56. The van der Waals surface area contributed by atoms with Crippen molar-refractivity contribution in [2.45, 2.75) is 26.3 Å². The fourth-order valence-electron chi connectivity index (χ4n) is 3.27. The van der Waals surface area contributed by atoms with Gasteiger partial charge < -0.3 is 9.88 Å². The van der Waals surface area contributed by atoms with Gasteiger partial charge in [-0.1, -0.05) is 62.4 Å². The molecule has 1 atom stereocenters. The van der Waals surface area contributed by atoms with Crippen LogP contribution in [0.25, 0.3) is 10.9 Å². The van der Waals surface area contributed by atoms with Crippen molar-refractivity contribution in [3.63, 3.8) is 0 Å². The Hall–Kier alpha value is -2.88. The third-order valence-electron chi connectivity index (χ3n) is 4.61. The summed E-state index contributed by atoms with van der Waals surface area (Å²) in [4.78, 5) is 25.3. The summed E-state index contributed by atoms with van der Waals surface area (Å²) in [7, 11) is 1.72. The predicted molar refractivity (Wildman–Crippen MR) is 105 cm³/mol. The molecule has 0 radical (unpaired) electrons. The molecule has 4 heteroatoms. The lowest BCUT2D eigenvalue weighted by Gasteiger charge is -2.22. The number of para-hydroxylation sites is 1. The number of amides is 1. The van der Waals surface area contributed by atoms with Gasteiger partial charge in [0, 0.05) is 18.5 Å². The van der Waals surface area contributed by atoms with E-state index in [0.717, 1.165) is 22.9 Å². The number of rotatable bonds is 5. The SMILES string of the molecule is CC(C)CC(NC(=O)c1cc(=O)n(C)c2ccccc12)c1ccccc1. The summed E-state index contributed by atoms with van der Waals surface area (Å²) in [5.41, 5.74) is 2.07. The molecule has 4 nitrogen and oxygen atoms in total. The fourth-order valence-corrected chi connectivity index (χ4v) is 3.27. The Kier molecular flexibility index (Phi) is 5.21. The van der Waals surface area contributed by atoms with Gasteiger partial charge in [0.25, 0.3) is 11.5 Å². The molecule has 3 aromatic rings. The van der Waals surface area contributed by atoms with Crippen molar-refractivity contribution >= 4 is 16.8 Å². The van der Waals surface area contributed by atoms with Crippen LogP contribution in [0.3, 0.4) is 0 Å². The molecule has 0 spiro atoms. The predicted octanol–water partition coefficient (Wildman–Crippen LogP) is 4.06. The van der Waals surface area contributed by atoms with Gasteiger partial charge in [-0.2, -0.15) is 0 Å². The second-order valence-corrected chi connectivity index (χ2v) is 7.04. The molecule has 0 bridgehead atoms. The largest absolute Gasteiger partial charge is 0.345 e. The monoisotopic (exact) mass is 348 g/mol. The summed E-state index contributed by atoms with van der Waals surface area (Å²) in [6.07, 6.45) is 0.832. The minimum atomic E-state index is -0.214. The lowest BCUT2D eigenvalue weighted by molar-refractivity contribution is 0.0933. The first-order chi connectivity index (χ1) is 12.5. The third kappa shape index (κ3) is 3.69. The number of nitrogens with zero attached hydrogens (tertiary/aromatic N) is 1. The van der Waals surface area contributed by atoms with Crippen LogP contribution in [-0.2, 0) is 7.05 Å². The van der Waals surface area contributed by atoms with E-state index >= 15 is 0 Å². The fraction of sp³-hybridized carbons (Fsp3) is 0.273. The highest BCUT2D eigenvalue weighted by atomic mass is 16.2. The van der Waals surface area contributed by atoms with Crippen molar-refractivity contribution in [2.75, 3.05) is 0 Å². The van der Waals surface area contributed by atoms with Crippen LogP contribution in [0.5, 0.6) is 0 Å². The van der Waals surface area contributed by atoms with E-state index < -0.39 is 0 Å². The topological polar surface area (TPSA) is 51.1 Å². The number of benzene rings is 2. The maximum absolute atomic E-state index is 13.0. The maximum atomic E-state index is 13.0. The van der Waals surface area contributed by atoms with Crippen molar-refractivity contribution < 1.29 is 4.79 Å². The van der Waals surface area contributed by atoms with Gasteiger partial charge in [-0.25, -0.2) is 0 Å². The van der Waals surface area contributed by atoms with Crippen molar-refractivity contribution in [1.29, 1.82) is 0 Å². The van der Waals surface area contributed by atoms with Gasteiger partial charge in [-0.3, -0.25) is 9.59 Å². The summed E-state index contributed by atoms with van der Waals surface area (Å²) < 4.78 is 1.56. The number of carbonyl (C=O) groups excluding carboxylic acids is 1. The number of fused-ring (bicyclic) bond motifs is 1. The zero-order chi connectivity index (χ0) is 18.7. The van der Waals surface area contributed by atoms with Crippen LogP contribution in [-0.4, -0.2) is 10.5 Å². The number of aryl methyl sites for hydroxylation is 1. The third-order valence-corrected chi connectivity index (χ3v) is 4.61. The molecule has 1 heterocycles. The molecule has 1 aromatic heterocycles. The standard InChI is InChI=1S/C22H24N2O2/c1-15(2)13-19(16-9-5-4-6-10-16)23-22(26)18-14-21(25)24(3)20-12-8-7-11-17(18)20/h4-12,14-15,19H,13H2,1-3H3,(H,23,26). The Morgan fingerprint density at radius 1 is 1.04 bits per heavy atom. The minimum Gasteiger partial charge on any atom is -0.345 e. The minimum absolute atomic E-state index is 0.0912. The first-order valence-electron chi connectivity index (χ1n) is 8.92. The van der Waals surface area contributed by atoms with Crippen LogP contribution in [0.15, 0.2) is 65.5 Å². The molecule has 0 aliphatic rings. The maximum Gasteiger partial charge on any atom is 0.252 e. The van der Waals surface area contributed by atoms with Crippen LogP contribution in [0.1, 0.15) is 42.2 Å². The molecule has 3 rings (SSSR count). The Balaban J connectivity index is 1.99. The lowest BCUT2D eigenvalue weighted by Crippen LogP contribution is -2.31. The summed E-state index contributed by atoms with van der Waals surface area (Å²) in [6, 6.07) is 18.8. The van der Waals surface area contributed by atoms with E-state index in [9.17, 15) is 9.59 Å². The first kappa shape index (κ1) is 17.9. The van der Waals surface area contributed by atoms with Crippen LogP contribution < -0.4 is 10.9 Å². The Bertz CT molecular complexity index is 974. The summed E-state index contributed by atoms with van der Waals surface area (Å²) >= 11 is 0. The van der Waals surface area contributed by atoms with Crippen molar-refractivity contribution in [3.05, 3.63) is 82.1 Å². The van der Waals surface area contributed by atoms with E-state index in [2.05, 4.69) is 19.2 Å². The second-order valence-electron chi connectivity index (χ2n) is 7.04. The molecular weight excluding hydrogens is 324 g/mol. The smallest absolute Gasteiger partial charge is 0.252 e. The molecular formula is C22H24N2O2. The van der Waals surface area contributed by atoms with Crippen LogP contribution in [0.4, 0.5) is 0 Å². The number of nitrogens with one attached hydrogen (secondary N) is 1. The highest BCUT2D eigenvalue weighted by Crippen LogP contribution is 2.23. The van der Waals surface area contributed by atoms with Gasteiger partial charge in [-0.05, 0) is 24.0 Å². The molecule has 134 valence electrons. The number of hydrogen-bond acceptors (Lipinski definition) is 2. The van der Waals surface area contributed by atoms with E-state index in [4.69, 9.17) is 0 Å². The number of carbonyl (C=O) groups is 1. The van der Waals surface area contributed by atoms with E-state index in [-0.39, 0.29) is 17.5 Å². The average molecular weight is 348 g/mol. The van der Waals surface area contributed by atoms with Crippen LogP contribution in [0, 0.1) is 5.92 Å². The molecule has 1 amide bonds. The van der Waals surface area contributed by atoms with E-state index in [1.54, 1.807) is 11.6 Å². The summed E-state index contributed by atoms with van der Waals surface area (Å²) in [5.74, 6) is 0.217. The Morgan fingerprint density at radius 2 is 1.69 bits per heavy atom. The lowest BCUT2D eigenvalue weighted by atomic mass is 9.96. The summed E-state index contributed by atoms with van der Waals surface area (Å²) in [6.45, 7) is 4.27. The highest BCUT2D eigenvalue weighted by molar-refractivity contribution is 6.06. The number of pyridine rings is 1. The van der Waals surface area contributed by atoms with Crippen molar-refractivity contribution in [2.24, 2.45) is 13.0 Å². The zero-order valence-electron chi connectivity index (χ0n) is 15.4. The highest BCUT2D eigenvalue weighted by Gasteiger charge is 2.19. The average Bonchev–Trinajstić information content (AvgIpc) is 2.64. The molecule has 0 aliphatic carbocycles. The van der Waals surface area contributed by atoms with E-state index in [1.165, 1.54) is 6.07 Å². The molecule has 26 heavy (non-hydrogen) atoms. The number of hydrogen-bond donors (Lipinski definition) is 1. The van der Waals surface area contributed by atoms with Crippen molar-refractivity contribution in [1.82, 2.24) is 9.88 Å². The van der Waals surface area contributed by atoms with Gasteiger partial charge in [0.1, 0.15) is 0 Å². The van der Waals surface area contributed by atoms with E-state index in [1.807, 2.05) is 54.6 Å².